The van der Waals surface area contributed by atoms with Gasteiger partial charge in [-0.3, -0.25) is 4.79 Å². The normalized spacial score (nSPS) is 12.7. The first kappa shape index (κ1) is 23.8. The van der Waals surface area contributed by atoms with Crippen LogP contribution in [0.3, 0.4) is 0 Å². The van der Waals surface area contributed by atoms with Crippen molar-refractivity contribution in [1.82, 2.24) is 20.4 Å². The molecular weight excluding hydrogens is 450 g/mol. The van der Waals surface area contributed by atoms with E-state index >= 15 is 0 Å². The summed E-state index contributed by atoms with van der Waals surface area (Å²) in [6.45, 7) is 6.44. The van der Waals surface area contributed by atoms with Crippen LogP contribution in [0, 0.1) is 18.3 Å². The number of nitrogens with zero attached hydrogens (tertiary/aromatic N) is 4. The lowest BCUT2D eigenvalue weighted by Crippen LogP contribution is -2.42. The quantitative estimate of drug-likeness (QED) is 0.551. The molecule has 0 saturated heterocycles. The molecule has 35 heavy (non-hydrogen) atoms. The number of carboxylic acid groups (broad SMARTS) is 1. The Morgan fingerprint density at radius 3 is 2.83 bits per heavy atom. The van der Waals surface area contributed by atoms with Crippen molar-refractivity contribution in [3.05, 3.63) is 52.6 Å². The van der Waals surface area contributed by atoms with Gasteiger partial charge in [-0.2, -0.15) is 10.2 Å². The molecule has 10 heteroatoms. The maximum atomic E-state index is 12.3. The van der Waals surface area contributed by atoms with Crippen molar-refractivity contribution in [1.29, 1.82) is 5.26 Å². The van der Waals surface area contributed by atoms with Gasteiger partial charge in [-0.15, -0.1) is 0 Å². The Labute approximate surface area is 202 Å². The fourth-order valence-corrected chi connectivity index (χ4v) is 4.12. The topological polar surface area (TPSA) is 142 Å². The van der Waals surface area contributed by atoms with Crippen LogP contribution in [-0.2, 0) is 17.8 Å². The smallest absolute Gasteiger partial charge is 0.405 e. The Hall–Kier alpha value is -4.39. The monoisotopic (exact) mass is 475 g/mol. The number of carbonyl (C=O) groups is 2. The standard InChI is InChI=1S/C25H25N5O5/c1-14(2)34-21-7-5-16(10-18(21)11-26)24-28-23(29-35-24)20-6-4-17-13-30(9-8-19(17)15(20)3)22(31)12-27-25(32)33/h4-7,10,14,27H,8-9,12-13H2,1-3H3,(H,32,33). The summed E-state index contributed by atoms with van der Waals surface area (Å²) in [5.74, 6) is 0.977. The molecule has 1 aliphatic heterocycles. The van der Waals surface area contributed by atoms with Gasteiger partial charge in [0, 0.05) is 24.2 Å². The SMILES string of the molecule is Cc1c(-c2noc(-c3ccc(OC(C)C)c(C#N)c3)n2)ccc2c1CCN(C(=O)CNC(=O)O)C2. The highest BCUT2D eigenvalue weighted by atomic mass is 16.5. The van der Waals surface area contributed by atoms with Gasteiger partial charge in [0.05, 0.1) is 11.7 Å². The van der Waals surface area contributed by atoms with Crippen LogP contribution >= 0.6 is 0 Å². The minimum Gasteiger partial charge on any atom is -0.490 e. The van der Waals surface area contributed by atoms with Crippen molar-refractivity contribution in [2.45, 2.75) is 39.8 Å². The Bertz CT molecular complexity index is 1320. The Morgan fingerprint density at radius 2 is 2.11 bits per heavy atom. The van der Waals surface area contributed by atoms with Gasteiger partial charge in [0.15, 0.2) is 0 Å². The van der Waals surface area contributed by atoms with Crippen LogP contribution in [0.2, 0.25) is 0 Å². The summed E-state index contributed by atoms with van der Waals surface area (Å²) in [5.41, 5.74) is 4.96. The second kappa shape index (κ2) is 9.85. The first-order valence-corrected chi connectivity index (χ1v) is 11.2. The number of fused-ring (bicyclic) bond motifs is 1. The third-order valence-corrected chi connectivity index (χ3v) is 5.81. The summed E-state index contributed by atoms with van der Waals surface area (Å²) in [7, 11) is 0. The molecule has 10 nitrogen and oxygen atoms in total. The van der Waals surface area contributed by atoms with Crippen molar-refractivity contribution < 1.29 is 24.0 Å². The molecule has 2 heterocycles. The number of aromatic nitrogens is 2. The van der Waals surface area contributed by atoms with E-state index in [0.29, 0.717) is 48.1 Å². The molecule has 3 aromatic rings. The number of benzene rings is 2. The summed E-state index contributed by atoms with van der Waals surface area (Å²) in [6.07, 6.45) is -0.637. The predicted octanol–water partition coefficient (Wildman–Crippen LogP) is 3.52. The first-order chi connectivity index (χ1) is 16.8. The zero-order valence-electron chi connectivity index (χ0n) is 19.7. The average molecular weight is 476 g/mol. The van der Waals surface area contributed by atoms with Crippen molar-refractivity contribution >= 4 is 12.0 Å². The second-order valence-electron chi connectivity index (χ2n) is 8.51. The molecule has 1 aromatic heterocycles. The summed E-state index contributed by atoms with van der Waals surface area (Å²) in [6, 6.07) is 11.1. The van der Waals surface area contributed by atoms with E-state index in [1.54, 1.807) is 23.1 Å². The van der Waals surface area contributed by atoms with Crippen LogP contribution in [0.1, 0.15) is 36.1 Å². The fourth-order valence-electron chi connectivity index (χ4n) is 4.12. The van der Waals surface area contributed by atoms with Gasteiger partial charge in [-0.05, 0) is 62.1 Å². The lowest BCUT2D eigenvalue weighted by Gasteiger charge is -2.30. The number of ether oxygens (including phenoxy) is 1. The van der Waals surface area contributed by atoms with Crippen molar-refractivity contribution in [3.8, 4) is 34.7 Å². The van der Waals surface area contributed by atoms with Gasteiger partial charge in [0.25, 0.3) is 5.89 Å². The molecular formula is C25H25N5O5. The number of hydrogen-bond donors (Lipinski definition) is 2. The van der Waals surface area contributed by atoms with E-state index in [1.165, 1.54) is 0 Å². The van der Waals surface area contributed by atoms with Crippen LogP contribution in [0.4, 0.5) is 4.79 Å². The molecule has 0 fully saturated rings. The van der Waals surface area contributed by atoms with Gasteiger partial charge >= 0.3 is 6.09 Å². The summed E-state index contributed by atoms with van der Waals surface area (Å²) >= 11 is 0. The average Bonchev–Trinajstić information content (AvgIpc) is 3.32. The lowest BCUT2D eigenvalue weighted by molar-refractivity contribution is -0.131. The summed E-state index contributed by atoms with van der Waals surface area (Å²) in [4.78, 5) is 29.1. The molecule has 4 rings (SSSR count). The van der Waals surface area contributed by atoms with Crippen molar-refractivity contribution in [2.75, 3.05) is 13.1 Å². The highest BCUT2D eigenvalue weighted by molar-refractivity contribution is 5.82. The van der Waals surface area contributed by atoms with E-state index in [9.17, 15) is 14.9 Å². The molecule has 1 aliphatic rings. The molecule has 0 atom stereocenters. The highest BCUT2D eigenvalue weighted by Crippen LogP contribution is 2.32. The van der Waals surface area contributed by atoms with E-state index in [1.807, 2.05) is 32.9 Å². The molecule has 0 spiro atoms. The predicted molar refractivity (Wildman–Crippen MR) is 126 cm³/mol. The van der Waals surface area contributed by atoms with Crippen LogP contribution in [0.5, 0.6) is 5.75 Å². The Balaban J connectivity index is 1.55. The molecule has 0 bridgehead atoms. The van der Waals surface area contributed by atoms with E-state index in [4.69, 9.17) is 14.4 Å². The Kier molecular flexibility index (Phi) is 6.68. The van der Waals surface area contributed by atoms with E-state index in [2.05, 4.69) is 21.5 Å². The summed E-state index contributed by atoms with van der Waals surface area (Å²) < 4.78 is 11.2. The van der Waals surface area contributed by atoms with Crippen LogP contribution in [-0.4, -0.2) is 51.3 Å². The zero-order valence-corrected chi connectivity index (χ0v) is 19.7. The number of carbonyl (C=O) groups excluding carboxylic acids is 1. The maximum absolute atomic E-state index is 12.3. The van der Waals surface area contributed by atoms with E-state index in [0.717, 1.165) is 22.3 Å². The third-order valence-electron chi connectivity index (χ3n) is 5.81. The largest absolute Gasteiger partial charge is 0.490 e. The van der Waals surface area contributed by atoms with Crippen LogP contribution in [0.15, 0.2) is 34.9 Å². The molecule has 0 aliphatic carbocycles. The molecule has 180 valence electrons. The molecule has 2 N–H and O–H groups in total. The first-order valence-electron chi connectivity index (χ1n) is 11.2. The van der Waals surface area contributed by atoms with Gasteiger partial charge in [-0.1, -0.05) is 17.3 Å². The van der Waals surface area contributed by atoms with Gasteiger partial charge in [-0.25, -0.2) is 4.79 Å². The molecule has 0 radical (unpaired) electrons. The molecule has 2 aromatic carbocycles. The second-order valence-corrected chi connectivity index (χ2v) is 8.51. The fraction of sp³-hybridized carbons (Fsp3) is 0.320. The third kappa shape index (κ3) is 5.09. The minimum absolute atomic E-state index is 0.0541. The number of hydrogen-bond acceptors (Lipinski definition) is 7. The van der Waals surface area contributed by atoms with E-state index in [-0.39, 0.29) is 18.6 Å². The van der Waals surface area contributed by atoms with E-state index < -0.39 is 6.09 Å². The highest BCUT2D eigenvalue weighted by Gasteiger charge is 2.24. The Morgan fingerprint density at radius 1 is 1.31 bits per heavy atom. The minimum atomic E-state index is -1.22. The number of rotatable bonds is 6. The van der Waals surface area contributed by atoms with Gasteiger partial charge in [0.1, 0.15) is 18.4 Å². The number of amides is 2. The van der Waals surface area contributed by atoms with Crippen molar-refractivity contribution in [3.63, 3.8) is 0 Å². The summed E-state index contributed by atoms with van der Waals surface area (Å²) in [5, 5.41) is 24.5. The zero-order chi connectivity index (χ0) is 25.1. The lowest BCUT2D eigenvalue weighted by atomic mass is 9.91. The molecule has 0 unspecified atom stereocenters. The number of nitrogens with one attached hydrogen (secondary N) is 1. The number of nitriles is 1. The van der Waals surface area contributed by atoms with Gasteiger partial charge in [0.2, 0.25) is 11.7 Å². The maximum Gasteiger partial charge on any atom is 0.405 e. The van der Waals surface area contributed by atoms with Crippen LogP contribution < -0.4 is 10.1 Å². The van der Waals surface area contributed by atoms with Gasteiger partial charge < -0.3 is 24.6 Å². The molecule has 0 saturated carbocycles. The molecule has 2 amide bonds. The van der Waals surface area contributed by atoms with Crippen molar-refractivity contribution in [2.24, 2.45) is 0 Å². The van der Waals surface area contributed by atoms with Crippen LogP contribution in [0.25, 0.3) is 22.8 Å².